The van der Waals surface area contributed by atoms with E-state index in [1.165, 1.54) is 5.69 Å². The van der Waals surface area contributed by atoms with Crippen molar-refractivity contribution in [3.63, 3.8) is 0 Å². The van der Waals surface area contributed by atoms with Crippen molar-refractivity contribution in [2.24, 2.45) is 0 Å². The Morgan fingerprint density at radius 3 is 2.65 bits per heavy atom. The maximum Gasteiger partial charge on any atom is 0.146 e. The van der Waals surface area contributed by atoms with Crippen molar-refractivity contribution < 1.29 is 9.53 Å². The molecule has 20 heavy (non-hydrogen) atoms. The quantitative estimate of drug-likeness (QED) is 0.797. The highest BCUT2D eigenvalue weighted by Crippen LogP contribution is 2.22. The molecule has 1 aromatic carbocycles. The number of hydrogen-bond acceptors (Lipinski definition) is 4. The molecular weight excluding hydrogens is 252 g/mol. The van der Waals surface area contributed by atoms with Gasteiger partial charge >= 0.3 is 0 Å². The van der Waals surface area contributed by atoms with Gasteiger partial charge in [-0.05, 0) is 18.6 Å². The smallest absolute Gasteiger partial charge is 0.146 e. The number of Topliss-reactive ketones (excluding diaryl/α,β-unsaturated/α-hetero) is 1. The molecule has 4 nitrogen and oxygen atoms in total. The number of ketones is 1. The third-order valence-electron chi connectivity index (χ3n) is 3.72. The van der Waals surface area contributed by atoms with E-state index in [-0.39, 0.29) is 0 Å². The van der Waals surface area contributed by atoms with E-state index in [9.17, 15) is 4.79 Å². The van der Waals surface area contributed by atoms with Crippen LogP contribution in [0.5, 0.6) is 5.75 Å². The van der Waals surface area contributed by atoms with Crippen LogP contribution in [0, 0.1) is 0 Å². The minimum absolute atomic E-state index is 0.363. The summed E-state index contributed by atoms with van der Waals surface area (Å²) in [4.78, 5) is 16.3. The van der Waals surface area contributed by atoms with Gasteiger partial charge in [-0.1, -0.05) is 13.0 Å². The molecule has 110 valence electrons. The monoisotopic (exact) mass is 276 g/mol. The van der Waals surface area contributed by atoms with E-state index in [2.05, 4.69) is 28.9 Å². The molecule has 0 radical (unpaired) electrons. The summed E-state index contributed by atoms with van der Waals surface area (Å²) in [6.07, 6.45) is 1.65. The van der Waals surface area contributed by atoms with E-state index >= 15 is 0 Å². The average Bonchev–Trinajstić information content (AvgIpc) is 2.48. The number of hydrogen-bond donors (Lipinski definition) is 0. The molecule has 0 amide bonds. The number of rotatable bonds is 6. The van der Waals surface area contributed by atoms with Crippen molar-refractivity contribution in [1.29, 1.82) is 0 Å². The van der Waals surface area contributed by atoms with E-state index in [4.69, 9.17) is 4.74 Å². The molecular formula is C16H24N2O2. The Hall–Kier alpha value is -1.55. The highest BCUT2D eigenvalue weighted by molar-refractivity contribution is 5.80. The number of anilines is 1. The third-order valence-corrected chi connectivity index (χ3v) is 3.72. The van der Waals surface area contributed by atoms with Crippen molar-refractivity contribution in [2.75, 3.05) is 44.7 Å². The van der Waals surface area contributed by atoms with Gasteiger partial charge in [0.1, 0.15) is 11.5 Å². The van der Waals surface area contributed by atoms with Crippen LogP contribution >= 0.6 is 0 Å². The van der Waals surface area contributed by atoms with Crippen LogP contribution in [0.25, 0.3) is 0 Å². The molecule has 0 aliphatic carbocycles. The van der Waals surface area contributed by atoms with Gasteiger partial charge < -0.3 is 9.64 Å². The number of benzene rings is 1. The Labute approximate surface area is 121 Å². The standard InChI is InChI=1S/C16H24N2O2/c1-3-5-15(19)13-17-8-10-18(11-9-17)14-6-4-7-16(12-14)20-2/h4,6-7,12H,3,5,8-11,13H2,1-2H3. The zero-order valence-corrected chi connectivity index (χ0v) is 12.5. The van der Waals surface area contributed by atoms with E-state index in [0.717, 1.165) is 38.3 Å². The van der Waals surface area contributed by atoms with E-state index in [1.54, 1.807) is 7.11 Å². The van der Waals surface area contributed by atoms with Crippen LogP contribution in [-0.4, -0.2) is 50.5 Å². The van der Waals surface area contributed by atoms with Gasteiger partial charge in [0.05, 0.1) is 13.7 Å². The molecule has 0 unspecified atom stereocenters. The van der Waals surface area contributed by atoms with Crippen LogP contribution in [0.2, 0.25) is 0 Å². The first-order chi connectivity index (χ1) is 9.72. The molecule has 0 saturated carbocycles. The number of piperazine rings is 1. The summed E-state index contributed by atoms with van der Waals surface area (Å²) in [5.41, 5.74) is 1.20. The van der Waals surface area contributed by atoms with Gasteiger partial charge in [0.2, 0.25) is 0 Å². The summed E-state index contributed by atoms with van der Waals surface area (Å²) in [5, 5.41) is 0. The van der Waals surface area contributed by atoms with Gasteiger partial charge in [-0.2, -0.15) is 0 Å². The second-order valence-electron chi connectivity index (χ2n) is 5.25. The summed E-state index contributed by atoms with van der Waals surface area (Å²) >= 11 is 0. The molecule has 1 heterocycles. The van der Waals surface area contributed by atoms with Crippen molar-refractivity contribution in [3.8, 4) is 5.75 Å². The Morgan fingerprint density at radius 1 is 1.25 bits per heavy atom. The van der Waals surface area contributed by atoms with E-state index in [0.29, 0.717) is 18.7 Å². The molecule has 2 rings (SSSR count). The average molecular weight is 276 g/mol. The lowest BCUT2D eigenvalue weighted by atomic mass is 10.2. The normalized spacial score (nSPS) is 16.2. The molecule has 1 fully saturated rings. The number of carbonyl (C=O) groups is 1. The summed E-state index contributed by atoms with van der Waals surface area (Å²) in [6.45, 7) is 6.50. The van der Waals surface area contributed by atoms with Crippen molar-refractivity contribution in [3.05, 3.63) is 24.3 Å². The molecule has 0 N–H and O–H groups in total. The summed E-state index contributed by atoms with van der Waals surface area (Å²) in [7, 11) is 1.69. The molecule has 1 saturated heterocycles. The first kappa shape index (κ1) is 14.9. The molecule has 0 aromatic heterocycles. The van der Waals surface area contributed by atoms with Crippen molar-refractivity contribution in [2.45, 2.75) is 19.8 Å². The number of carbonyl (C=O) groups excluding carboxylic acids is 1. The van der Waals surface area contributed by atoms with Crippen molar-refractivity contribution >= 4 is 11.5 Å². The Kier molecular flexibility index (Phi) is 5.41. The van der Waals surface area contributed by atoms with Gasteiger partial charge in [0.25, 0.3) is 0 Å². The lowest BCUT2D eigenvalue weighted by Gasteiger charge is -2.35. The number of ether oxygens (including phenoxy) is 1. The fourth-order valence-corrected chi connectivity index (χ4v) is 2.58. The van der Waals surface area contributed by atoms with E-state index in [1.807, 2.05) is 12.1 Å². The predicted molar refractivity (Wildman–Crippen MR) is 81.6 cm³/mol. The zero-order valence-electron chi connectivity index (χ0n) is 12.5. The third kappa shape index (κ3) is 3.97. The van der Waals surface area contributed by atoms with Crippen LogP contribution in [-0.2, 0) is 4.79 Å². The fourth-order valence-electron chi connectivity index (χ4n) is 2.58. The molecule has 1 aliphatic heterocycles. The molecule has 0 atom stereocenters. The Bertz CT molecular complexity index is 440. The topological polar surface area (TPSA) is 32.8 Å². The Balaban J connectivity index is 1.86. The Morgan fingerprint density at radius 2 is 2.00 bits per heavy atom. The van der Waals surface area contributed by atoms with Crippen LogP contribution in [0.15, 0.2) is 24.3 Å². The minimum atomic E-state index is 0.363. The van der Waals surface area contributed by atoms with E-state index < -0.39 is 0 Å². The van der Waals surface area contributed by atoms with Gasteiger partial charge in [0, 0.05) is 44.4 Å². The second-order valence-corrected chi connectivity index (χ2v) is 5.25. The predicted octanol–water partition coefficient (Wildman–Crippen LogP) is 2.19. The maximum atomic E-state index is 11.7. The molecule has 1 aromatic rings. The SMILES string of the molecule is CCCC(=O)CN1CCN(c2cccc(OC)c2)CC1. The molecule has 1 aliphatic rings. The summed E-state index contributed by atoms with van der Waals surface area (Å²) in [5.74, 6) is 1.25. The van der Waals surface area contributed by atoms with Gasteiger partial charge in [-0.3, -0.25) is 9.69 Å². The van der Waals surface area contributed by atoms with Gasteiger partial charge in [-0.15, -0.1) is 0 Å². The second kappa shape index (κ2) is 7.29. The minimum Gasteiger partial charge on any atom is -0.497 e. The maximum absolute atomic E-state index is 11.7. The highest BCUT2D eigenvalue weighted by Gasteiger charge is 2.19. The highest BCUT2D eigenvalue weighted by atomic mass is 16.5. The largest absolute Gasteiger partial charge is 0.497 e. The van der Waals surface area contributed by atoms with Crippen molar-refractivity contribution in [1.82, 2.24) is 4.90 Å². The summed E-state index contributed by atoms with van der Waals surface area (Å²) in [6, 6.07) is 8.16. The van der Waals surface area contributed by atoms with Crippen LogP contribution in [0.1, 0.15) is 19.8 Å². The number of nitrogens with zero attached hydrogens (tertiary/aromatic N) is 2. The lowest BCUT2D eigenvalue weighted by molar-refractivity contribution is -0.120. The molecule has 0 bridgehead atoms. The molecule has 0 spiro atoms. The van der Waals surface area contributed by atoms with Crippen LogP contribution in [0.4, 0.5) is 5.69 Å². The zero-order chi connectivity index (χ0) is 14.4. The van der Waals surface area contributed by atoms with Gasteiger partial charge in [0.15, 0.2) is 0 Å². The first-order valence-corrected chi connectivity index (χ1v) is 7.36. The number of methoxy groups -OCH3 is 1. The lowest BCUT2D eigenvalue weighted by Crippen LogP contribution is -2.47. The van der Waals surface area contributed by atoms with Crippen LogP contribution < -0.4 is 9.64 Å². The van der Waals surface area contributed by atoms with Crippen LogP contribution in [0.3, 0.4) is 0 Å². The first-order valence-electron chi connectivity index (χ1n) is 7.36. The molecule has 4 heteroatoms. The fraction of sp³-hybridized carbons (Fsp3) is 0.562. The summed E-state index contributed by atoms with van der Waals surface area (Å²) < 4.78 is 5.26. The van der Waals surface area contributed by atoms with Gasteiger partial charge in [-0.25, -0.2) is 0 Å².